The second-order valence-corrected chi connectivity index (χ2v) is 7.40. The Morgan fingerprint density at radius 3 is 3.00 bits per heavy atom. The smallest absolute Gasteiger partial charge is 0.329 e. The molecule has 4 rings (SSSR count). The maximum atomic E-state index is 13.6. The number of morpholine rings is 1. The number of hydrogen-bond acceptors (Lipinski definition) is 5. The zero-order valence-electron chi connectivity index (χ0n) is 14.8. The number of likely N-dealkylation sites (N-methyl/N-ethyl adjacent to an activating group) is 1. The van der Waals surface area contributed by atoms with E-state index in [-0.39, 0.29) is 23.4 Å². The molecule has 0 spiro atoms. The van der Waals surface area contributed by atoms with Crippen molar-refractivity contribution in [2.24, 2.45) is 0 Å². The topological polar surface area (TPSA) is 105 Å². The van der Waals surface area contributed by atoms with E-state index in [2.05, 4.69) is 9.88 Å². The summed E-state index contributed by atoms with van der Waals surface area (Å²) in [6.45, 7) is 0.935. The van der Waals surface area contributed by atoms with Gasteiger partial charge in [-0.05, 0) is 44.5 Å². The molecule has 0 radical (unpaired) electrons. The van der Waals surface area contributed by atoms with Crippen molar-refractivity contribution in [3.8, 4) is 0 Å². The van der Waals surface area contributed by atoms with Crippen molar-refractivity contribution in [3.05, 3.63) is 44.9 Å². The molecular weight excluding hydrogens is 357 g/mol. The lowest BCUT2D eigenvalue weighted by atomic mass is 9.88. The van der Waals surface area contributed by atoms with Gasteiger partial charge in [-0.15, -0.1) is 0 Å². The fourth-order valence-electron chi connectivity index (χ4n) is 4.38. The van der Waals surface area contributed by atoms with Crippen LogP contribution in [0.25, 0.3) is 10.9 Å². The Balaban J connectivity index is 1.83. The third kappa shape index (κ3) is 2.78. The molecule has 0 saturated carbocycles. The van der Waals surface area contributed by atoms with Crippen LogP contribution >= 0.6 is 0 Å². The number of nitrogens with zero attached hydrogens (tertiary/aromatic N) is 2. The minimum absolute atomic E-state index is 0.0547. The SMILES string of the molecule is CN1C2CCC1(CC(C(=O)O)n1c(=O)[nH]c3ccc(F)cc3c1=O)COC2. The Bertz CT molecular complexity index is 1030. The predicted octanol–water partition coefficient (Wildman–Crippen LogP) is 0.708. The molecule has 8 nitrogen and oxygen atoms in total. The monoisotopic (exact) mass is 377 g/mol. The van der Waals surface area contributed by atoms with Crippen molar-refractivity contribution < 1.29 is 19.0 Å². The fourth-order valence-corrected chi connectivity index (χ4v) is 4.38. The fraction of sp³-hybridized carbons (Fsp3) is 0.500. The van der Waals surface area contributed by atoms with Crippen LogP contribution in [0.2, 0.25) is 0 Å². The first-order valence-corrected chi connectivity index (χ1v) is 8.80. The lowest BCUT2D eigenvalue weighted by molar-refractivity contribution is -0.144. The summed E-state index contributed by atoms with van der Waals surface area (Å²) in [5.74, 6) is -1.92. The van der Waals surface area contributed by atoms with E-state index >= 15 is 0 Å². The number of carboxylic acid groups (broad SMARTS) is 1. The van der Waals surface area contributed by atoms with Gasteiger partial charge in [0.25, 0.3) is 5.56 Å². The third-order valence-corrected chi connectivity index (χ3v) is 5.98. The van der Waals surface area contributed by atoms with E-state index < -0.39 is 34.6 Å². The molecule has 2 bridgehead atoms. The number of H-pyrrole nitrogens is 1. The molecule has 2 N–H and O–H groups in total. The van der Waals surface area contributed by atoms with E-state index in [1.165, 1.54) is 6.07 Å². The zero-order valence-corrected chi connectivity index (χ0v) is 14.8. The molecule has 1 aromatic carbocycles. The standard InChI is InChI=1S/C18H20FN3O5/c1-21-11-4-5-18(21,9-27-8-11)7-14(16(24)25)22-15(23)12-6-10(19)2-3-13(12)20-17(22)26/h2-3,6,11,14H,4-5,7-9H2,1H3,(H,20,26)(H,24,25). The summed E-state index contributed by atoms with van der Waals surface area (Å²) >= 11 is 0. The average Bonchev–Trinajstić information content (AvgIpc) is 2.80. The van der Waals surface area contributed by atoms with Crippen LogP contribution in [0.3, 0.4) is 0 Å². The summed E-state index contributed by atoms with van der Waals surface area (Å²) in [6.07, 6.45) is 1.66. The molecule has 9 heteroatoms. The van der Waals surface area contributed by atoms with Crippen LogP contribution in [-0.2, 0) is 9.53 Å². The molecule has 1 aromatic heterocycles. The third-order valence-electron chi connectivity index (χ3n) is 5.98. The number of benzene rings is 1. The summed E-state index contributed by atoms with van der Waals surface area (Å²) in [7, 11) is 1.92. The second-order valence-electron chi connectivity index (χ2n) is 7.40. The maximum Gasteiger partial charge on any atom is 0.329 e. The number of hydrogen-bond donors (Lipinski definition) is 2. The van der Waals surface area contributed by atoms with Crippen molar-refractivity contribution in [1.29, 1.82) is 0 Å². The van der Waals surface area contributed by atoms with E-state index in [0.29, 0.717) is 17.8 Å². The van der Waals surface area contributed by atoms with Gasteiger partial charge in [-0.1, -0.05) is 0 Å². The van der Waals surface area contributed by atoms with Gasteiger partial charge < -0.3 is 14.8 Å². The second kappa shape index (κ2) is 6.28. The largest absolute Gasteiger partial charge is 0.480 e. The van der Waals surface area contributed by atoms with Crippen LogP contribution in [0.4, 0.5) is 4.39 Å². The van der Waals surface area contributed by atoms with E-state index in [4.69, 9.17) is 4.74 Å². The van der Waals surface area contributed by atoms with Gasteiger partial charge >= 0.3 is 11.7 Å². The van der Waals surface area contributed by atoms with Gasteiger partial charge in [-0.3, -0.25) is 9.69 Å². The number of fused-ring (bicyclic) bond motifs is 3. The van der Waals surface area contributed by atoms with Crippen molar-refractivity contribution in [2.45, 2.75) is 36.9 Å². The van der Waals surface area contributed by atoms with Crippen LogP contribution in [0, 0.1) is 5.82 Å². The lowest BCUT2D eigenvalue weighted by Crippen LogP contribution is -2.56. The first kappa shape index (κ1) is 17.9. The van der Waals surface area contributed by atoms with Crippen molar-refractivity contribution >= 4 is 16.9 Å². The van der Waals surface area contributed by atoms with Gasteiger partial charge in [0.05, 0.1) is 24.1 Å². The first-order valence-electron chi connectivity index (χ1n) is 8.80. The van der Waals surface area contributed by atoms with Crippen LogP contribution < -0.4 is 11.2 Å². The number of nitrogens with one attached hydrogen (secondary N) is 1. The lowest BCUT2D eigenvalue weighted by Gasteiger charge is -2.43. The normalized spacial score (nSPS) is 26.4. The molecule has 2 aromatic rings. The molecule has 2 aliphatic heterocycles. The minimum atomic E-state index is -1.38. The average molecular weight is 377 g/mol. The van der Waals surface area contributed by atoms with E-state index in [1.54, 1.807) is 0 Å². The van der Waals surface area contributed by atoms with Crippen molar-refractivity contribution in [2.75, 3.05) is 20.3 Å². The Morgan fingerprint density at radius 2 is 2.26 bits per heavy atom. The molecule has 3 heterocycles. The van der Waals surface area contributed by atoms with Gasteiger partial charge in [-0.2, -0.15) is 0 Å². The highest BCUT2D eigenvalue weighted by molar-refractivity contribution is 5.78. The predicted molar refractivity (Wildman–Crippen MR) is 94.4 cm³/mol. The van der Waals surface area contributed by atoms with E-state index in [1.807, 2.05) is 7.05 Å². The number of ether oxygens (including phenoxy) is 1. The molecule has 2 aliphatic rings. The quantitative estimate of drug-likeness (QED) is 0.813. The maximum absolute atomic E-state index is 13.6. The molecule has 0 aliphatic carbocycles. The van der Waals surface area contributed by atoms with Gasteiger partial charge in [-0.25, -0.2) is 18.5 Å². The number of aliphatic carboxylic acids is 1. The summed E-state index contributed by atoms with van der Waals surface area (Å²) < 4.78 is 19.9. The molecular formula is C18H20FN3O5. The van der Waals surface area contributed by atoms with Crippen LogP contribution in [0.1, 0.15) is 25.3 Å². The number of carbonyl (C=O) groups is 1. The zero-order chi connectivity index (χ0) is 19.3. The summed E-state index contributed by atoms with van der Waals surface area (Å²) in [5, 5.41) is 9.74. The number of carboxylic acids is 1. The summed E-state index contributed by atoms with van der Waals surface area (Å²) in [5.41, 5.74) is -2.01. The highest BCUT2D eigenvalue weighted by Gasteiger charge is 2.50. The number of aromatic nitrogens is 2. The highest BCUT2D eigenvalue weighted by Crippen LogP contribution is 2.41. The summed E-state index contributed by atoms with van der Waals surface area (Å²) in [4.78, 5) is 42.0. The van der Waals surface area contributed by atoms with E-state index in [0.717, 1.165) is 25.0 Å². The van der Waals surface area contributed by atoms with E-state index in [9.17, 15) is 23.9 Å². The highest BCUT2D eigenvalue weighted by atomic mass is 19.1. The number of halogens is 1. The van der Waals surface area contributed by atoms with Gasteiger partial charge in [0.2, 0.25) is 0 Å². The van der Waals surface area contributed by atoms with Crippen LogP contribution in [0.5, 0.6) is 0 Å². The minimum Gasteiger partial charge on any atom is -0.480 e. The Hall–Kier alpha value is -2.52. The van der Waals surface area contributed by atoms with Crippen molar-refractivity contribution in [3.63, 3.8) is 0 Å². The molecule has 27 heavy (non-hydrogen) atoms. The van der Waals surface area contributed by atoms with Gasteiger partial charge in [0, 0.05) is 11.6 Å². The van der Waals surface area contributed by atoms with Crippen LogP contribution in [-0.4, -0.2) is 57.4 Å². The Kier molecular flexibility index (Phi) is 4.15. The molecule has 144 valence electrons. The summed E-state index contributed by atoms with van der Waals surface area (Å²) in [6, 6.07) is 2.24. The Morgan fingerprint density at radius 1 is 1.48 bits per heavy atom. The van der Waals surface area contributed by atoms with Crippen molar-refractivity contribution in [1.82, 2.24) is 14.5 Å². The molecule has 2 fully saturated rings. The van der Waals surface area contributed by atoms with Gasteiger partial charge in [0.15, 0.2) is 0 Å². The number of aromatic amines is 1. The molecule has 0 amide bonds. The molecule has 2 saturated heterocycles. The van der Waals surface area contributed by atoms with Crippen LogP contribution in [0.15, 0.2) is 27.8 Å². The first-order chi connectivity index (χ1) is 12.8. The molecule has 3 atom stereocenters. The van der Waals surface area contributed by atoms with Gasteiger partial charge in [0.1, 0.15) is 11.9 Å². The number of rotatable bonds is 4. The molecule has 3 unspecified atom stereocenters. The Labute approximate surface area is 153 Å².